The number of rotatable bonds is 23. The lowest BCUT2D eigenvalue weighted by molar-refractivity contribution is -0.875. The van der Waals surface area contributed by atoms with Gasteiger partial charge in [0, 0.05) is 0 Å². The minimum absolute atomic E-state index is 0.0601. The van der Waals surface area contributed by atoms with E-state index in [1.54, 1.807) is 0 Å². The predicted octanol–water partition coefficient (Wildman–Crippen LogP) is 7.71. The van der Waals surface area contributed by atoms with Crippen LogP contribution >= 0.6 is 7.60 Å². The van der Waals surface area contributed by atoms with Gasteiger partial charge in [0.1, 0.15) is 6.54 Å². The van der Waals surface area contributed by atoms with Crippen LogP contribution < -0.4 is 0 Å². The van der Waals surface area contributed by atoms with E-state index in [4.69, 9.17) is 0 Å². The maximum atomic E-state index is 11.8. The first-order valence-electron chi connectivity index (χ1n) is 13.9. The van der Waals surface area contributed by atoms with E-state index in [2.05, 4.69) is 31.2 Å². The third kappa shape index (κ3) is 19.8. The van der Waals surface area contributed by atoms with Crippen LogP contribution in [-0.2, 0) is 4.57 Å². The van der Waals surface area contributed by atoms with E-state index in [0.717, 1.165) is 12.8 Å². The summed E-state index contributed by atoms with van der Waals surface area (Å²) in [4.78, 5) is 19.2. The van der Waals surface area contributed by atoms with Gasteiger partial charge in [-0.25, -0.2) is 0 Å². The minimum Gasteiger partial charge on any atom is -0.373 e. The van der Waals surface area contributed by atoms with E-state index in [1.165, 1.54) is 89.9 Å². The van der Waals surface area contributed by atoms with E-state index in [0.29, 0.717) is 10.9 Å². The SMILES string of the molecule is CCC/C=C\CCC/C=C\CCCCCCCCCCCCCC(O)(C[N+](C)(C)C)P(=O)(O)O. The summed E-state index contributed by atoms with van der Waals surface area (Å²) in [5.41, 5.74) is 0. The Kier molecular flexibility index (Phi) is 19.4. The number of hydrogen-bond acceptors (Lipinski definition) is 2. The van der Waals surface area contributed by atoms with Gasteiger partial charge in [0.2, 0.25) is 5.34 Å². The summed E-state index contributed by atoms with van der Waals surface area (Å²) in [6, 6.07) is 0. The molecular formula is C28H57NO4P+. The number of hydrogen-bond donors (Lipinski definition) is 3. The number of likely N-dealkylation sites (N-methyl/N-ethyl adjacent to an activating group) is 1. The van der Waals surface area contributed by atoms with Crippen molar-refractivity contribution >= 4 is 7.60 Å². The van der Waals surface area contributed by atoms with Crippen LogP contribution in [-0.4, -0.2) is 52.4 Å². The molecule has 0 aliphatic carbocycles. The lowest BCUT2D eigenvalue weighted by atomic mass is 10.0. The molecule has 0 amide bonds. The largest absolute Gasteiger partial charge is 0.373 e. The molecular weight excluding hydrogens is 445 g/mol. The third-order valence-corrected chi connectivity index (χ3v) is 7.70. The van der Waals surface area contributed by atoms with Gasteiger partial charge in [-0.2, -0.15) is 0 Å². The Labute approximate surface area is 211 Å². The van der Waals surface area contributed by atoms with Crippen molar-refractivity contribution in [1.82, 2.24) is 0 Å². The second kappa shape index (κ2) is 19.7. The second-order valence-electron chi connectivity index (χ2n) is 11.1. The molecule has 0 bridgehead atoms. The lowest BCUT2D eigenvalue weighted by Crippen LogP contribution is -2.49. The molecule has 0 aromatic carbocycles. The number of quaternary nitrogens is 1. The summed E-state index contributed by atoms with van der Waals surface area (Å²) in [5.74, 6) is 0. The molecule has 5 nitrogen and oxygen atoms in total. The van der Waals surface area contributed by atoms with Crippen molar-refractivity contribution in [2.75, 3.05) is 27.7 Å². The fraction of sp³-hybridized carbons (Fsp3) is 0.857. The third-order valence-electron chi connectivity index (χ3n) is 6.25. The fourth-order valence-electron chi connectivity index (χ4n) is 4.33. The van der Waals surface area contributed by atoms with Crippen LogP contribution in [0, 0.1) is 0 Å². The van der Waals surface area contributed by atoms with Gasteiger partial charge in [0.05, 0.1) is 21.1 Å². The zero-order valence-electron chi connectivity index (χ0n) is 22.9. The molecule has 0 saturated heterocycles. The maximum absolute atomic E-state index is 11.8. The first-order chi connectivity index (χ1) is 16.0. The summed E-state index contributed by atoms with van der Waals surface area (Å²) < 4.78 is 12.1. The highest BCUT2D eigenvalue weighted by Crippen LogP contribution is 2.52. The van der Waals surface area contributed by atoms with Gasteiger partial charge in [0.15, 0.2) is 0 Å². The molecule has 34 heavy (non-hydrogen) atoms. The molecule has 0 fully saturated rings. The van der Waals surface area contributed by atoms with Gasteiger partial charge in [-0.3, -0.25) is 4.57 Å². The average Bonchev–Trinajstić information content (AvgIpc) is 2.73. The lowest BCUT2D eigenvalue weighted by Gasteiger charge is -2.35. The summed E-state index contributed by atoms with van der Waals surface area (Å²) in [5, 5.41) is 8.65. The maximum Gasteiger partial charge on any atom is 0.362 e. The minimum atomic E-state index is -4.55. The molecule has 202 valence electrons. The van der Waals surface area contributed by atoms with Crippen LogP contribution in [0.3, 0.4) is 0 Å². The molecule has 0 aliphatic rings. The smallest absolute Gasteiger partial charge is 0.362 e. The molecule has 1 atom stereocenters. The highest BCUT2D eigenvalue weighted by molar-refractivity contribution is 7.53. The Morgan fingerprint density at radius 2 is 1.03 bits per heavy atom. The molecule has 0 aliphatic heterocycles. The van der Waals surface area contributed by atoms with Gasteiger partial charge in [-0.15, -0.1) is 0 Å². The Balaban J connectivity index is 3.56. The van der Waals surface area contributed by atoms with Crippen LogP contribution in [0.25, 0.3) is 0 Å². The van der Waals surface area contributed by atoms with Gasteiger partial charge in [-0.05, 0) is 51.4 Å². The van der Waals surface area contributed by atoms with Crippen molar-refractivity contribution in [1.29, 1.82) is 0 Å². The molecule has 0 spiro atoms. The Morgan fingerprint density at radius 1 is 0.647 bits per heavy atom. The normalized spacial score (nSPS) is 14.9. The van der Waals surface area contributed by atoms with Crippen molar-refractivity contribution < 1.29 is 23.9 Å². The number of nitrogens with zero attached hydrogens (tertiary/aromatic N) is 1. The van der Waals surface area contributed by atoms with E-state index < -0.39 is 12.9 Å². The van der Waals surface area contributed by atoms with Crippen LogP contribution in [0.1, 0.15) is 122 Å². The highest BCUT2D eigenvalue weighted by atomic mass is 31.2. The van der Waals surface area contributed by atoms with Crippen molar-refractivity contribution in [3.63, 3.8) is 0 Å². The van der Waals surface area contributed by atoms with Crippen LogP contribution in [0.15, 0.2) is 24.3 Å². The summed E-state index contributed by atoms with van der Waals surface area (Å²) in [7, 11) is 0.977. The van der Waals surface area contributed by atoms with E-state index in [-0.39, 0.29) is 13.0 Å². The zero-order valence-corrected chi connectivity index (χ0v) is 23.8. The van der Waals surface area contributed by atoms with E-state index >= 15 is 0 Å². The van der Waals surface area contributed by atoms with Crippen LogP contribution in [0.2, 0.25) is 0 Å². The first-order valence-corrected chi connectivity index (χ1v) is 15.5. The second-order valence-corrected chi connectivity index (χ2v) is 13.0. The van der Waals surface area contributed by atoms with Crippen molar-refractivity contribution in [2.24, 2.45) is 0 Å². The average molecular weight is 503 g/mol. The Morgan fingerprint density at radius 3 is 1.44 bits per heavy atom. The fourth-order valence-corrected chi connectivity index (χ4v) is 5.39. The van der Waals surface area contributed by atoms with Crippen LogP contribution in [0.5, 0.6) is 0 Å². The van der Waals surface area contributed by atoms with Crippen LogP contribution in [0.4, 0.5) is 0 Å². The molecule has 0 aromatic rings. The van der Waals surface area contributed by atoms with E-state index in [1.807, 2.05) is 21.1 Å². The van der Waals surface area contributed by atoms with Gasteiger partial charge in [-0.1, -0.05) is 95.4 Å². The van der Waals surface area contributed by atoms with Crippen molar-refractivity contribution in [3.8, 4) is 0 Å². The molecule has 1 unspecified atom stereocenters. The standard InChI is InChI=1S/C28H56NO4P/c1-5-6-7-8-9-10-11-12-13-14-15-16-17-18-19-20-21-22-23-24-25-26-28(30,34(31,32)33)27-29(2,3)4/h7-8,12-13,30H,5-6,9-11,14-27H2,1-4H3,(H-,31,32,33)/p+1/b8-7-,13-12-. The molecule has 0 rings (SSSR count). The molecule has 0 heterocycles. The zero-order chi connectivity index (χ0) is 25.8. The monoisotopic (exact) mass is 502 g/mol. The molecule has 0 aromatic heterocycles. The van der Waals surface area contributed by atoms with Gasteiger partial charge < -0.3 is 19.4 Å². The molecule has 6 heteroatoms. The summed E-state index contributed by atoms with van der Waals surface area (Å²) >= 11 is 0. The highest BCUT2D eigenvalue weighted by Gasteiger charge is 2.48. The molecule has 0 saturated carbocycles. The summed E-state index contributed by atoms with van der Waals surface area (Å²) in [6.45, 7) is 2.28. The Hall–Kier alpha value is -0.450. The Bertz CT molecular complexity index is 579. The quantitative estimate of drug-likeness (QED) is 0.0578. The number of allylic oxidation sites excluding steroid dienone is 4. The molecule has 0 radical (unpaired) electrons. The predicted molar refractivity (Wildman–Crippen MR) is 147 cm³/mol. The summed E-state index contributed by atoms with van der Waals surface area (Å²) in [6.07, 6.45) is 29.8. The topological polar surface area (TPSA) is 77.8 Å². The number of aliphatic hydroxyl groups is 1. The van der Waals surface area contributed by atoms with Gasteiger partial charge in [0.25, 0.3) is 0 Å². The first kappa shape index (κ1) is 33.5. The van der Waals surface area contributed by atoms with E-state index in [9.17, 15) is 19.5 Å². The van der Waals surface area contributed by atoms with Crippen molar-refractivity contribution in [2.45, 2.75) is 128 Å². The van der Waals surface area contributed by atoms with Crippen molar-refractivity contribution in [3.05, 3.63) is 24.3 Å². The number of unbranched alkanes of at least 4 members (excludes halogenated alkanes) is 14. The van der Waals surface area contributed by atoms with Gasteiger partial charge >= 0.3 is 7.60 Å². The molecule has 3 N–H and O–H groups in total.